The Kier molecular flexibility index (Phi) is 4.75. The lowest BCUT2D eigenvalue weighted by Crippen LogP contribution is -2.52. The van der Waals surface area contributed by atoms with Gasteiger partial charge < -0.3 is 15.4 Å². The number of rotatable bonds is 3. The van der Waals surface area contributed by atoms with Crippen molar-refractivity contribution in [3.8, 4) is 0 Å². The molecular formula is C16H30N2O2. The number of nitrogens with zero attached hydrogens (tertiary/aromatic N) is 1. The number of likely N-dealkylation sites (tertiary alicyclic amines) is 1. The Morgan fingerprint density at radius 1 is 1.35 bits per heavy atom. The van der Waals surface area contributed by atoms with Crippen LogP contribution in [0, 0.1) is 23.2 Å². The first kappa shape index (κ1) is 15.8. The van der Waals surface area contributed by atoms with Gasteiger partial charge in [0.25, 0.3) is 0 Å². The Labute approximate surface area is 123 Å². The number of methoxy groups -OCH3 is 1. The molecule has 1 amide bonds. The summed E-state index contributed by atoms with van der Waals surface area (Å²) in [4.78, 5) is 14.9. The van der Waals surface area contributed by atoms with Gasteiger partial charge >= 0.3 is 0 Å². The molecule has 0 spiro atoms. The number of ether oxygens (including phenoxy) is 1. The summed E-state index contributed by atoms with van der Waals surface area (Å²) in [7, 11) is 1.73. The molecule has 4 nitrogen and oxygen atoms in total. The van der Waals surface area contributed by atoms with E-state index in [1.807, 2.05) is 0 Å². The zero-order valence-electron chi connectivity index (χ0n) is 13.4. The zero-order chi connectivity index (χ0) is 14.9. The van der Waals surface area contributed by atoms with E-state index in [0.29, 0.717) is 17.7 Å². The maximum absolute atomic E-state index is 12.9. The molecule has 1 saturated heterocycles. The fraction of sp³-hybridized carbons (Fsp3) is 0.938. The Balaban J connectivity index is 2.02. The first-order valence-corrected chi connectivity index (χ1v) is 7.91. The van der Waals surface area contributed by atoms with Gasteiger partial charge in [-0.05, 0) is 30.6 Å². The van der Waals surface area contributed by atoms with Crippen molar-refractivity contribution >= 4 is 5.91 Å². The van der Waals surface area contributed by atoms with E-state index in [0.717, 1.165) is 39.0 Å². The van der Waals surface area contributed by atoms with Crippen LogP contribution in [0.3, 0.4) is 0 Å². The van der Waals surface area contributed by atoms with E-state index in [9.17, 15) is 4.79 Å². The van der Waals surface area contributed by atoms with E-state index in [1.165, 1.54) is 0 Å². The predicted octanol–water partition coefficient (Wildman–Crippen LogP) is 1.88. The molecule has 4 unspecified atom stereocenters. The maximum Gasteiger partial charge on any atom is 0.226 e. The lowest BCUT2D eigenvalue weighted by Gasteiger charge is -2.47. The molecule has 0 aromatic heterocycles. The molecule has 1 heterocycles. The minimum absolute atomic E-state index is 0.00586. The Morgan fingerprint density at radius 2 is 2.05 bits per heavy atom. The zero-order valence-corrected chi connectivity index (χ0v) is 13.4. The maximum atomic E-state index is 12.9. The highest BCUT2D eigenvalue weighted by atomic mass is 16.5. The van der Waals surface area contributed by atoms with Crippen LogP contribution in [0.25, 0.3) is 0 Å². The third-order valence-corrected chi connectivity index (χ3v) is 5.80. The minimum atomic E-state index is -0.00586. The standard InChI is InChI=1S/C16H30N2O2/c1-11-14(17)6-5-13(16(11,2)3)15(19)18-8-7-12(9-18)10-20-4/h11-14H,5-10,17H2,1-4H3. The lowest BCUT2D eigenvalue weighted by atomic mass is 9.60. The number of carbonyl (C=O) groups excluding carboxylic acids is 1. The second kappa shape index (κ2) is 6.02. The summed E-state index contributed by atoms with van der Waals surface area (Å²) in [6.07, 6.45) is 2.97. The molecule has 2 aliphatic rings. The number of carbonyl (C=O) groups is 1. The van der Waals surface area contributed by atoms with Crippen molar-refractivity contribution in [3.05, 3.63) is 0 Å². The van der Waals surface area contributed by atoms with E-state index >= 15 is 0 Å². The third kappa shape index (κ3) is 2.86. The van der Waals surface area contributed by atoms with E-state index in [1.54, 1.807) is 7.11 Å². The monoisotopic (exact) mass is 282 g/mol. The van der Waals surface area contributed by atoms with Gasteiger partial charge in [-0.1, -0.05) is 20.8 Å². The molecule has 0 radical (unpaired) electrons. The Morgan fingerprint density at radius 3 is 2.70 bits per heavy atom. The highest BCUT2D eigenvalue weighted by Gasteiger charge is 2.46. The van der Waals surface area contributed by atoms with Crippen LogP contribution >= 0.6 is 0 Å². The molecule has 1 aliphatic carbocycles. The van der Waals surface area contributed by atoms with Crippen LogP contribution < -0.4 is 5.73 Å². The van der Waals surface area contributed by atoms with Gasteiger partial charge in [0.05, 0.1) is 6.61 Å². The summed E-state index contributed by atoms with van der Waals surface area (Å²) in [5.74, 6) is 1.36. The van der Waals surface area contributed by atoms with Gasteiger partial charge in [-0.3, -0.25) is 4.79 Å². The normalized spacial score (nSPS) is 37.1. The van der Waals surface area contributed by atoms with Crippen molar-refractivity contribution in [3.63, 3.8) is 0 Å². The lowest BCUT2D eigenvalue weighted by molar-refractivity contribution is -0.142. The van der Waals surface area contributed by atoms with E-state index < -0.39 is 0 Å². The highest BCUT2D eigenvalue weighted by molar-refractivity contribution is 5.80. The van der Waals surface area contributed by atoms with Crippen molar-refractivity contribution in [2.45, 2.75) is 46.1 Å². The van der Waals surface area contributed by atoms with E-state index in [-0.39, 0.29) is 17.4 Å². The summed E-state index contributed by atoms with van der Waals surface area (Å²) in [6.45, 7) is 9.13. The fourth-order valence-corrected chi connectivity index (χ4v) is 3.92. The largest absolute Gasteiger partial charge is 0.384 e. The first-order chi connectivity index (χ1) is 9.37. The van der Waals surface area contributed by atoms with Crippen molar-refractivity contribution in [1.29, 1.82) is 0 Å². The molecule has 0 bridgehead atoms. The van der Waals surface area contributed by atoms with E-state index in [4.69, 9.17) is 10.5 Å². The van der Waals surface area contributed by atoms with Crippen LogP contribution in [0.15, 0.2) is 0 Å². The second-order valence-electron chi connectivity index (χ2n) is 7.30. The van der Waals surface area contributed by atoms with Gasteiger partial charge in [0.2, 0.25) is 5.91 Å². The molecule has 2 N–H and O–H groups in total. The van der Waals surface area contributed by atoms with Gasteiger partial charge in [0.1, 0.15) is 0 Å². The SMILES string of the molecule is COCC1CCN(C(=O)C2CCC(N)C(C)C2(C)C)C1. The number of hydrogen-bond donors (Lipinski definition) is 1. The van der Waals surface area contributed by atoms with Crippen LogP contribution in [0.5, 0.6) is 0 Å². The van der Waals surface area contributed by atoms with Crippen LogP contribution in [-0.2, 0) is 9.53 Å². The molecule has 4 atom stereocenters. The quantitative estimate of drug-likeness (QED) is 0.860. The molecule has 0 aromatic rings. The van der Waals surface area contributed by atoms with E-state index in [2.05, 4.69) is 25.7 Å². The molecule has 1 aliphatic heterocycles. The summed E-state index contributed by atoms with van der Waals surface area (Å²) < 4.78 is 5.22. The average molecular weight is 282 g/mol. The number of amides is 1. The van der Waals surface area contributed by atoms with Crippen molar-refractivity contribution < 1.29 is 9.53 Å². The second-order valence-corrected chi connectivity index (χ2v) is 7.30. The summed E-state index contributed by atoms with van der Waals surface area (Å²) >= 11 is 0. The number of nitrogens with two attached hydrogens (primary N) is 1. The summed E-state index contributed by atoms with van der Waals surface area (Å²) in [5.41, 5.74) is 6.18. The smallest absolute Gasteiger partial charge is 0.226 e. The topological polar surface area (TPSA) is 55.6 Å². The molecule has 2 rings (SSSR count). The molecule has 1 saturated carbocycles. The minimum Gasteiger partial charge on any atom is -0.384 e. The van der Waals surface area contributed by atoms with Crippen LogP contribution in [0.4, 0.5) is 0 Å². The highest BCUT2D eigenvalue weighted by Crippen LogP contribution is 2.45. The van der Waals surface area contributed by atoms with Crippen molar-refractivity contribution in [1.82, 2.24) is 4.90 Å². The summed E-state index contributed by atoms with van der Waals surface area (Å²) in [6, 6.07) is 0.230. The fourth-order valence-electron chi connectivity index (χ4n) is 3.92. The van der Waals surface area contributed by atoms with Gasteiger partial charge in [-0.25, -0.2) is 0 Å². The Bertz CT molecular complexity index is 356. The van der Waals surface area contributed by atoms with Gasteiger partial charge in [-0.2, -0.15) is 0 Å². The van der Waals surface area contributed by atoms with Crippen LogP contribution in [0.2, 0.25) is 0 Å². The van der Waals surface area contributed by atoms with Crippen LogP contribution in [0.1, 0.15) is 40.0 Å². The molecular weight excluding hydrogens is 252 g/mol. The molecule has 116 valence electrons. The Hall–Kier alpha value is -0.610. The van der Waals surface area contributed by atoms with Crippen molar-refractivity contribution in [2.75, 3.05) is 26.8 Å². The van der Waals surface area contributed by atoms with Gasteiger partial charge in [0.15, 0.2) is 0 Å². The number of hydrogen-bond acceptors (Lipinski definition) is 3. The molecule has 20 heavy (non-hydrogen) atoms. The third-order valence-electron chi connectivity index (χ3n) is 5.80. The van der Waals surface area contributed by atoms with Crippen LogP contribution in [-0.4, -0.2) is 43.7 Å². The summed E-state index contributed by atoms with van der Waals surface area (Å²) in [5, 5.41) is 0. The molecule has 4 heteroatoms. The molecule has 2 fully saturated rings. The van der Waals surface area contributed by atoms with Crippen molar-refractivity contribution in [2.24, 2.45) is 28.9 Å². The first-order valence-electron chi connectivity index (χ1n) is 7.91. The molecule has 0 aromatic carbocycles. The predicted molar refractivity (Wildman–Crippen MR) is 80.2 cm³/mol. The average Bonchev–Trinajstić information content (AvgIpc) is 2.85. The van der Waals surface area contributed by atoms with Gasteiger partial charge in [-0.15, -0.1) is 0 Å². The van der Waals surface area contributed by atoms with Gasteiger partial charge in [0, 0.05) is 38.1 Å².